The molecular formula is C7H16I2N2. The zero-order valence-corrected chi connectivity index (χ0v) is 11.3. The lowest BCUT2D eigenvalue weighted by molar-refractivity contribution is 0.505. The highest BCUT2D eigenvalue weighted by Gasteiger charge is 2.01. The molecule has 0 aliphatic rings. The second-order valence-electron chi connectivity index (χ2n) is 2.70. The molecule has 0 saturated heterocycles. The molecule has 0 rings (SSSR count). The summed E-state index contributed by atoms with van der Waals surface area (Å²) >= 11 is 4.73. The zero-order valence-electron chi connectivity index (χ0n) is 7.03. The lowest BCUT2D eigenvalue weighted by Crippen LogP contribution is -2.39. The molecule has 0 fully saturated rings. The van der Waals surface area contributed by atoms with Crippen molar-refractivity contribution >= 4 is 45.2 Å². The molecule has 68 valence electrons. The van der Waals surface area contributed by atoms with E-state index in [0.717, 1.165) is 11.1 Å². The van der Waals surface area contributed by atoms with Gasteiger partial charge in [0.15, 0.2) is 0 Å². The summed E-state index contributed by atoms with van der Waals surface area (Å²) in [7, 11) is 0. The van der Waals surface area contributed by atoms with E-state index in [-0.39, 0.29) is 0 Å². The fourth-order valence-electron chi connectivity index (χ4n) is 0.636. The van der Waals surface area contributed by atoms with Crippen molar-refractivity contribution in [3.63, 3.8) is 0 Å². The predicted molar refractivity (Wildman–Crippen MR) is 67.8 cm³/mol. The third kappa shape index (κ3) is 7.73. The molecule has 0 aromatic carbocycles. The Hall–Kier alpha value is 1.38. The van der Waals surface area contributed by atoms with Gasteiger partial charge in [-0.3, -0.25) is 0 Å². The molecule has 0 saturated carbocycles. The number of alkyl halides is 2. The number of rotatable bonds is 6. The van der Waals surface area contributed by atoms with E-state index in [4.69, 9.17) is 0 Å². The standard InChI is InChI=1S/C7H16I2N2/c1-6(3-8)10-4-7(2)11-5-9/h6-7,10-11H,3-5H2,1-2H3. The van der Waals surface area contributed by atoms with Crippen LogP contribution in [0.4, 0.5) is 0 Å². The molecule has 0 radical (unpaired) electrons. The molecule has 0 spiro atoms. The number of halogens is 2. The van der Waals surface area contributed by atoms with Crippen LogP contribution < -0.4 is 10.6 Å². The third-order valence-electron chi connectivity index (χ3n) is 1.43. The maximum Gasteiger partial charge on any atom is 0.0482 e. The van der Waals surface area contributed by atoms with Gasteiger partial charge in [0.1, 0.15) is 0 Å². The second kappa shape index (κ2) is 8.00. The van der Waals surface area contributed by atoms with Crippen molar-refractivity contribution in [2.75, 3.05) is 15.5 Å². The Balaban J connectivity index is 3.22. The molecule has 11 heavy (non-hydrogen) atoms. The van der Waals surface area contributed by atoms with Crippen molar-refractivity contribution in [1.29, 1.82) is 0 Å². The fraction of sp³-hybridized carbons (Fsp3) is 1.00. The Morgan fingerprint density at radius 3 is 2.18 bits per heavy atom. The number of hydrogen-bond acceptors (Lipinski definition) is 2. The minimum atomic E-state index is 0.581. The highest BCUT2D eigenvalue weighted by Crippen LogP contribution is 1.90. The van der Waals surface area contributed by atoms with Crippen molar-refractivity contribution in [2.24, 2.45) is 0 Å². The SMILES string of the molecule is CC(CI)NCC(C)NCI. The Morgan fingerprint density at radius 1 is 1.09 bits per heavy atom. The normalized spacial score (nSPS) is 16.4. The van der Waals surface area contributed by atoms with Gasteiger partial charge < -0.3 is 10.6 Å². The molecule has 0 aliphatic carbocycles. The first-order chi connectivity index (χ1) is 5.20. The molecule has 2 atom stereocenters. The zero-order chi connectivity index (χ0) is 8.69. The predicted octanol–water partition coefficient (Wildman–Crippen LogP) is 1.77. The highest BCUT2D eigenvalue weighted by atomic mass is 127. The molecule has 0 aliphatic heterocycles. The van der Waals surface area contributed by atoms with Crippen LogP contribution in [0.15, 0.2) is 0 Å². The minimum absolute atomic E-state index is 0.581. The van der Waals surface area contributed by atoms with Crippen LogP contribution in [0.1, 0.15) is 13.8 Å². The lowest BCUT2D eigenvalue weighted by Gasteiger charge is -2.15. The van der Waals surface area contributed by atoms with Gasteiger partial charge in [0.2, 0.25) is 0 Å². The Morgan fingerprint density at radius 2 is 1.73 bits per heavy atom. The van der Waals surface area contributed by atoms with Gasteiger partial charge in [0.25, 0.3) is 0 Å². The summed E-state index contributed by atoms with van der Waals surface area (Å²) < 4.78 is 2.20. The van der Waals surface area contributed by atoms with Crippen LogP contribution in [0.2, 0.25) is 0 Å². The van der Waals surface area contributed by atoms with Gasteiger partial charge in [-0.25, -0.2) is 0 Å². The van der Waals surface area contributed by atoms with E-state index in [2.05, 4.69) is 69.7 Å². The van der Waals surface area contributed by atoms with Crippen LogP contribution in [0.5, 0.6) is 0 Å². The summed E-state index contributed by atoms with van der Waals surface area (Å²) in [6.45, 7) is 5.47. The molecule has 2 N–H and O–H groups in total. The highest BCUT2D eigenvalue weighted by molar-refractivity contribution is 14.1. The quantitative estimate of drug-likeness (QED) is 0.416. The average molecular weight is 382 g/mol. The minimum Gasteiger partial charge on any atom is -0.312 e. The van der Waals surface area contributed by atoms with Gasteiger partial charge in [-0.05, 0) is 13.8 Å². The van der Waals surface area contributed by atoms with Crippen molar-refractivity contribution in [3.8, 4) is 0 Å². The van der Waals surface area contributed by atoms with Gasteiger partial charge in [-0.2, -0.15) is 0 Å². The average Bonchev–Trinajstić information content (AvgIpc) is 2.01. The summed E-state index contributed by atoms with van der Waals surface area (Å²) in [6.07, 6.45) is 0. The molecule has 0 bridgehead atoms. The summed E-state index contributed by atoms with van der Waals surface area (Å²) in [6, 6.07) is 1.21. The summed E-state index contributed by atoms with van der Waals surface area (Å²) in [5.41, 5.74) is 0. The Labute approximate surface area is 96.6 Å². The van der Waals surface area contributed by atoms with Crippen LogP contribution >= 0.6 is 45.2 Å². The number of nitrogens with one attached hydrogen (secondary N) is 2. The molecule has 2 unspecified atom stereocenters. The van der Waals surface area contributed by atoms with Crippen LogP contribution in [0.3, 0.4) is 0 Å². The summed E-state index contributed by atoms with van der Waals surface area (Å²) in [4.78, 5) is 0. The fourth-order valence-corrected chi connectivity index (χ4v) is 1.70. The molecule has 0 aromatic heterocycles. The topological polar surface area (TPSA) is 24.1 Å². The molecule has 0 heterocycles. The van der Waals surface area contributed by atoms with E-state index < -0.39 is 0 Å². The van der Waals surface area contributed by atoms with Crippen LogP contribution in [-0.4, -0.2) is 27.6 Å². The van der Waals surface area contributed by atoms with Gasteiger partial charge in [0.05, 0.1) is 0 Å². The van der Waals surface area contributed by atoms with Crippen molar-refractivity contribution in [1.82, 2.24) is 10.6 Å². The van der Waals surface area contributed by atoms with E-state index in [1.165, 1.54) is 4.43 Å². The molecule has 4 heteroatoms. The molecule has 2 nitrogen and oxygen atoms in total. The first-order valence-corrected chi connectivity index (χ1v) is 6.84. The van der Waals surface area contributed by atoms with Crippen molar-refractivity contribution in [3.05, 3.63) is 0 Å². The number of hydrogen-bond donors (Lipinski definition) is 2. The van der Waals surface area contributed by atoms with E-state index >= 15 is 0 Å². The first-order valence-electron chi connectivity index (χ1n) is 3.79. The monoisotopic (exact) mass is 382 g/mol. The van der Waals surface area contributed by atoms with E-state index in [9.17, 15) is 0 Å². The van der Waals surface area contributed by atoms with Crippen molar-refractivity contribution < 1.29 is 0 Å². The third-order valence-corrected chi connectivity index (χ3v) is 3.19. The maximum absolute atomic E-state index is 3.44. The smallest absolute Gasteiger partial charge is 0.0482 e. The van der Waals surface area contributed by atoms with E-state index in [1.807, 2.05) is 0 Å². The van der Waals surface area contributed by atoms with E-state index in [1.54, 1.807) is 0 Å². The van der Waals surface area contributed by atoms with Gasteiger partial charge in [0, 0.05) is 27.6 Å². The van der Waals surface area contributed by atoms with Crippen molar-refractivity contribution in [2.45, 2.75) is 25.9 Å². The van der Waals surface area contributed by atoms with Crippen LogP contribution in [-0.2, 0) is 0 Å². The van der Waals surface area contributed by atoms with Crippen LogP contribution in [0, 0.1) is 0 Å². The molecule has 0 aromatic rings. The Kier molecular flexibility index (Phi) is 9.00. The summed E-state index contributed by atoms with van der Waals surface area (Å²) in [5.74, 6) is 0. The second-order valence-corrected chi connectivity index (χ2v) is 4.35. The largest absolute Gasteiger partial charge is 0.312 e. The van der Waals surface area contributed by atoms with E-state index in [0.29, 0.717) is 12.1 Å². The maximum atomic E-state index is 3.44. The van der Waals surface area contributed by atoms with Gasteiger partial charge >= 0.3 is 0 Å². The summed E-state index contributed by atoms with van der Waals surface area (Å²) in [5, 5.41) is 6.79. The molecular weight excluding hydrogens is 366 g/mol. The molecule has 0 amide bonds. The Bertz CT molecular complexity index is 90.5. The van der Waals surface area contributed by atoms with Gasteiger partial charge in [-0.1, -0.05) is 45.2 Å². The lowest BCUT2D eigenvalue weighted by atomic mass is 10.3. The van der Waals surface area contributed by atoms with Crippen LogP contribution in [0.25, 0.3) is 0 Å². The van der Waals surface area contributed by atoms with Gasteiger partial charge in [-0.15, -0.1) is 0 Å². The first kappa shape index (κ1) is 12.4.